The lowest BCUT2D eigenvalue weighted by molar-refractivity contribution is -0.139. The van der Waals surface area contributed by atoms with Gasteiger partial charge >= 0.3 is 6.18 Å². The normalized spacial score (nSPS) is 16.9. The minimum absolute atomic E-state index is 0.0243. The SMILES string of the molecule is Cc1csc(NC(=O)C2CCN(S(=O)(=O)c3ccccc3C(F)(F)F)CC2)n1. The Kier molecular flexibility index (Phi) is 5.78. The van der Waals surface area contributed by atoms with Crippen molar-refractivity contribution in [2.45, 2.75) is 30.8 Å². The molecular formula is C17H18F3N3O3S2. The smallest absolute Gasteiger partial charge is 0.302 e. The van der Waals surface area contributed by atoms with Gasteiger partial charge in [-0.1, -0.05) is 12.1 Å². The number of nitrogens with zero attached hydrogens (tertiary/aromatic N) is 2. The zero-order valence-electron chi connectivity index (χ0n) is 14.9. The molecule has 1 aromatic carbocycles. The highest BCUT2D eigenvalue weighted by Gasteiger charge is 2.40. The third-order valence-corrected chi connectivity index (χ3v) is 7.32. The van der Waals surface area contributed by atoms with Gasteiger partial charge in [0.2, 0.25) is 15.9 Å². The van der Waals surface area contributed by atoms with Gasteiger partial charge in [-0.3, -0.25) is 4.79 Å². The summed E-state index contributed by atoms with van der Waals surface area (Å²) < 4.78 is 66.0. The van der Waals surface area contributed by atoms with Crippen molar-refractivity contribution < 1.29 is 26.4 Å². The Hall–Kier alpha value is -1.98. The van der Waals surface area contributed by atoms with Crippen molar-refractivity contribution in [1.29, 1.82) is 0 Å². The van der Waals surface area contributed by atoms with Crippen LogP contribution in [0.1, 0.15) is 24.1 Å². The molecule has 0 saturated carbocycles. The summed E-state index contributed by atoms with van der Waals surface area (Å²) in [6, 6.07) is 4.13. The van der Waals surface area contributed by atoms with Crippen LogP contribution in [-0.4, -0.2) is 36.7 Å². The Labute approximate surface area is 164 Å². The Morgan fingerprint density at radius 2 is 1.89 bits per heavy atom. The molecular weight excluding hydrogens is 415 g/mol. The number of hydrogen-bond acceptors (Lipinski definition) is 5. The molecule has 0 unspecified atom stereocenters. The first-order valence-corrected chi connectivity index (χ1v) is 10.8. The predicted molar refractivity (Wildman–Crippen MR) is 98.4 cm³/mol. The molecule has 152 valence electrons. The Morgan fingerprint density at radius 1 is 1.25 bits per heavy atom. The van der Waals surface area contributed by atoms with E-state index in [1.807, 2.05) is 0 Å². The first-order chi connectivity index (χ1) is 13.1. The van der Waals surface area contributed by atoms with E-state index >= 15 is 0 Å². The number of alkyl halides is 3. The van der Waals surface area contributed by atoms with Crippen molar-refractivity contribution in [2.75, 3.05) is 18.4 Å². The van der Waals surface area contributed by atoms with Gasteiger partial charge in [0.05, 0.1) is 16.2 Å². The number of thiazole rings is 1. The van der Waals surface area contributed by atoms with E-state index < -0.39 is 32.6 Å². The number of aromatic nitrogens is 1. The average molecular weight is 433 g/mol. The van der Waals surface area contributed by atoms with E-state index in [-0.39, 0.29) is 31.8 Å². The zero-order valence-corrected chi connectivity index (χ0v) is 16.5. The molecule has 1 aliphatic heterocycles. The number of amides is 1. The molecule has 1 saturated heterocycles. The van der Waals surface area contributed by atoms with E-state index in [0.717, 1.165) is 28.2 Å². The van der Waals surface area contributed by atoms with Gasteiger partial charge in [-0.15, -0.1) is 11.3 Å². The Balaban J connectivity index is 1.70. The second kappa shape index (κ2) is 7.80. The molecule has 0 bridgehead atoms. The van der Waals surface area contributed by atoms with Crippen molar-refractivity contribution in [3.8, 4) is 0 Å². The van der Waals surface area contributed by atoms with Gasteiger partial charge in [0.15, 0.2) is 5.13 Å². The summed E-state index contributed by atoms with van der Waals surface area (Å²) in [5.74, 6) is -0.685. The lowest BCUT2D eigenvalue weighted by Gasteiger charge is -2.31. The van der Waals surface area contributed by atoms with Crippen LogP contribution in [0.25, 0.3) is 0 Å². The van der Waals surface area contributed by atoms with Gasteiger partial charge < -0.3 is 5.32 Å². The lowest BCUT2D eigenvalue weighted by atomic mass is 9.97. The van der Waals surface area contributed by atoms with Gasteiger partial charge in [-0.25, -0.2) is 13.4 Å². The number of piperidine rings is 1. The molecule has 2 heterocycles. The minimum Gasteiger partial charge on any atom is -0.302 e. The molecule has 1 amide bonds. The number of nitrogens with one attached hydrogen (secondary N) is 1. The summed E-state index contributed by atoms with van der Waals surface area (Å²) in [7, 11) is -4.31. The summed E-state index contributed by atoms with van der Waals surface area (Å²) >= 11 is 1.29. The van der Waals surface area contributed by atoms with Crippen LogP contribution >= 0.6 is 11.3 Å². The van der Waals surface area contributed by atoms with Crippen molar-refractivity contribution in [3.05, 3.63) is 40.9 Å². The Morgan fingerprint density at radius 3 is 2.46 bits per heavy atom. The number of sulfonamides is 1. The monoisotopic (exact) mass is 433 g/mol. The van der Waals surface area contributed by atoms with Crippen molar-refractivity contribution in [3.63, 3.8) is 0 Å². The molecule has 0 aliphatic carbocycles. The quantitative estimate of drug-likeness (QED) is 0.800. The fraction of sp³-hybridized carbons (Fsp3) is 0.412. The highest BCUT2D eigenvalue weighted by atomic mass is 32.2. The van der Waals surface area contributed by atoms with Crippen molar-refractivity contribution in [1.82, 2.24) is 9.29 Å². The summed E-state index contributed by atoms with van der Waals surface area (Å²) in [6.07, 6.45) is -4.32. The number of halogens is 3. The number of carbonyl (C=O) groups is 1. The largest absolute Gasteiger partial charge is 0.417 e. The molecule has 1 aliphatic rings. The molecule has 0 radical (unpaired) electrons. The second-order valence-corrected chi connectivity index (χ2v) is 9.22. The number of benzene rings is 1. The standard InChI is InChI=1S/C17H18F3N3O3S2/c1-11-10-27-16(21-11)22-15(24)12-6-8-23(9-7-12)28(25,26)14-5-3-2-4-13(14)17(18,19)20/h2-5,10,12H,6-9H2,1H3,(H,21,22,24). The van der Waals surface area contributed by atoms with Gasteiger partial charge in [0, 0.05) is 24.4 Å². The van der Waals surface area contributed by atoms with Crippen LogP contribution in [0.5, 0.6) is 0 Å². The zero-order chi connectivity index (χ0) is 20.5. The van der Waals surface area contributed by atoms with Gasteiger partial charge in [0.25, 0.3) is 0 Å². The molecule has 3 rings (SSSR count). The molecule has 0 atom stereocenters. The number of hydrogen-bond donors (Lipinski definition) is 1. The van der Waals surface area contributed by atoms with Gasteiger partial charge in [-0.2, -0.15) is 17.5 Å². The maximum absolute atomic E-state index is 13.2. The van der Waals surface area contributed by atoms with Crippen LogP contribution in [0, 0.1) is 12.8 Å². The maximum Gasteiger partial charge on any atom is 0.417 e. The maximum atomic E-state index is 13.2. The first-order valence-electron chi connectivity index (χ1n) is 8.48. The topological polar surface area (TPSA) is 79.4 Å². The fourth-order valence-electron chi connectivity index (χ4n) is 3.04. The van der Waals surface area contributed by atoms with E-state index in [0.29, 0.717) is 5.13 Å². The fourth-order valence-corrected chi connectivity index (χ4v) is 5.42. The number of rotatable bonds is 4. The third-order valence-electron chi connectivity index (χ3n) is 4.48. The summed E-state index contributed by atoms with van der Waals surface area (Å²) in [5.41, 5.74) is -0.404. The first kappa shape index (κ1) is 20.7. The highest BCUT2D eigenvalue weighted by Crippen LogP contribution is 2.36. The Bertz CT molecular complexity index is 965. The van der Waals surface area contributed by atoms with Crippen LogP contribution in [-0.2, 0) is 21.0 Å². The number of aryl methyl sites for hydroxylation is 1. The lowest BCUT2D eigenvalue weighted by Crippen LogP contribution is -2.41. The number of carbonyl (C=O) groups excluding carboxylic acids is 1. The molecule has 1 N–H and O–H groups in total. The van der Waals surface area contributed by atoms with Crippen LogP contribution in [0.4, 0.5) is 18.3 Å². The predicted octanol–water partition coefficient (Wildman–Crippen LogP) is 3.51. The summed E-state index contributed by atoms with van der Waals surface area (Å²) in [5, 5.41) is 4.96. The summed E-state index contributed by atoms with van der Waals surface area (Å²) in [6.45, 7) is 1.75. The van der Waals surface area contributed by atoms with E-state index in [4.69, 9.17) is 0 Å². The van der Waals surface area contributed by atoms with Gasteiger partial charge in [0.1, 0.15) is 0 Å². The van der Waals surface area contributed by atoms with Crippen molar-refractivity contribution in [2.24, 2.45) is 5.92 Å². The van der Waals surface area contributed by atoms with Crippen molar-refractivity contribution >= 4 is 32.4 Å². The molecule has 1 aromatic heterocycles. The van der Waals surface area contributed by atoms with E-state index in [2.05, 4.69) is 10.3 Å². The summed E-state index contributed by atoms with van der Waals surface area (Å²) in [4.78, 5) is 15.7. The minimum atomic E-state index is -4.77. The third kappa shape index (κ3) is 4.36. The van der Waals surface area contributed by atoms with Crippen LogP contribution in [0.2, 0.25) is 0 Å². The molecule has 2 aromatic rings. The van der Waals surface area contributed by atoms with E-state index in [9.17, 15) is 26.4 Å². The van der Waals surface area contributed by atoms with Gasteiger partial charge in [-0.05, 0) is 31.9 Å². The van der Waals surface area contributed by atoms with Crippen LogP contribution in [0.3, 0.4) is 0 Å². The molecule has 6 nitrogen and oxygen atoms in total. The van der Waals surface area contributed by atoms with Crippen LogP contribution in [0.15, 0.2) is 34.5 Å². The molecule has 28 heavy (non-hydrogen) atoms. The molecule has 11 heteroatoms. The number of anilines is 1. The van der Waals surface area contributed by atoms with E-state index in [1.54, 1.807) is 12.3 Å². The molecule has 1 fully saturated rings. The van der Waals surface area contributed by atoms with E-state index in [1.165, 1.54) is 17.4 Å². The average Bonchev–Trinajstić information content (AvgIpc) is 3.06. The molecule has 0 spiro atoms. The second-order valence-electron chi connectivity index (χ2n) is 6.46. The van der Waals surface area contributed by atoms with Crippen LogP contribution < -0.4 is 5.32 Å². The highest BCUT2D eigenvalue weighted by molar-refractivity contribution is 7.89.